The van der Waals surface area contributed by atoms with Gasteiger partial charge in [0, 0.05) is 6.61 Å². The Morgan fingerprint density at radius 2 is 2.43 bits per heavy atom. The fourth-order valence-corrected chi connectivity index (χ4v) is 0.195. The van der Waals surface area contributed by atoms with Crippen LogP contribution in [0.3, 0.4) is 0 Å². The molecule has 0 aliphatic carbocycles. The van der Waals surface area contributed by atoms with E-state index in [0.29, 0.717) is 13.2 Å². The summed E-state index contributed by atoms with van der Waals surface area (Å²) in [4.78, 5) is 0. The zero-order chi connectivity index (χ0) is 5.54. The molecule has 0 aromatic carbocycles. The Labute approximate surface area is 44.7 Å². The van der Waals surface area contributed by atoms with Crippen molar-refractivity contribution in [3.05, 3.63) is 6.92 Å². The number of rotatable bonds is 2. The highest BCUT2D eigenvalue weighted by Crippen LogP contribution is 1.66. The molecule has 0 N–H and O–H groups in total. The van der Waals surface area contributed by atoms with Gasteiger partial charge in [0.2, 0.25) is 0 Å². The van der Waals surface area contributed by atoms with Crippen molar-refractivity contribution in [1.29, 1.82) is 0 Å². The van der Waals surface area contributed by atoms with Gasteiger partial charge in [0.1, 0.15) is 6.61 Å². The Bertz CT molecular complexity index is 75.9. The molecule has 1 heteroatoms. The van der Waals surface area contributed by atoms with Gasteiger partial charge < -0.3 is 4.74 Å². The average molecular weight is 97.1 g/mol. The smallest absolute Gasteiger partial charge is 0.107 e. The van der Waals surface area contributed by atoms with Crippen LogP contribution in [0.25, 0.3) is 0 Å². The van der Waals surface area contributed by atoms with Crippen molar-refractivity contribution in [3.8, 4) is 11.8 Å². The van der Waals surface area contributed by atoms with Gasteiger partial charge in [0.15, 0.2) is 0 Å². The fourth-order valence-electron chi connectivity index (χ4n) is 0.195. The fraction of sp³-hybridized carbons (Fsp3) is 0.500. The zero-order valence-corrected chi connectivity index (χ0v) is 4.53. The minimum atomic E-state index is 0.509. The minimum absolute atomic E-state index is 0.509. The molecular formula is C6H9O. The molecule has 0 fully saturated rings. The quantitative estimate of drug-likeness (QED) is 0.367. The second-order valence-electron chi connectivity index (χ2n) is 0.979. The van der Waals surface area contributed by atoms with Crippen LogP contribution in [0.2, 0.25) is 0 Å². The van der Waals surface area contributed by atoms with Gasteiger partial charge in [-0.1, -0.05) is 5.92 Å². The van der Waals surface area contributed by atoms with Gasteiger partial charge in [-0.15, -0.1) is 5.92 Å². The van der Waals surface area contributed by atoms with Gasteiger partial charge in [0.25, 0.3) is 0 Å². The van der Waals surface area contributed by atoms with Crippen molar-refractivity contribution in [2.45, 2.75) is 6.92 Å². The van der Waals surface area contributed by atoms with Gasteiger partial charge in [-0.25, -0.2) is 0 Å². The molecule has 0 amide bonds. The third-order valence-electron chi connectivity index (χ3n) is 0.495. The van der Waals surface area contributed by atoms with Crippen molar-refractivity contribution in [2.75, 3.05) is 13.2 Å². The Balaban J connectivity index is 2.78. The third-order valence-corrected chi connectivity index (χ3v) is 0.495. The van der Waals surface area contributed by atoms with E-state index in [9.17, 15) is 0 Å². The minimum Gasteiger partial charge on any atom is -0.369 e. The first-order valence-electron chi connectivity index (χ1n) is 2.18. The van der Waals surface area contributed by atoms with Crippen LogP contribution >= 0.6 is 0 Å². The van der Waals surface area contributed by atoms with Crippen LogP contribution in [0.4, 0.5) is 0 Å². The van der Waals surface area contributed by atoms with E-state index < -0.39 is 0 Å². The summed E-state index contributed by atoms with van der Waals surface area (Å²) in [5.74, 6) is 5.44. The normalized spacial score (nSPS) is 7.14. The highest BCUT2D eigenvalue weighted by molar-refractivity contribution is 4.94. The van der Waals surface area contributed by atoms with E-state index in [1.807, 2.05) is 0 Å². The standard InChI is InChI=1S/C6H9O/c1-3-5-6-7-4-2/h2,4,6H2,1H3. The molecule has 0 aromatic heterocycles. The van der Waals surface area contributed by atoms with Gasteiger partial charge in [-0.05, 0) is 13.8 Å². The van der Waals surface area contributed by atoms with Gasteiger partial charge >= 0.3 is 0 Å². The predicted octanol–water partition coefficient (Wildman–Crippen LogP) is 0.860. The summed E-state index contributed by atoms with van der Waals surface area (Å²) in [5, 5.41) is 0. The van der Waals surface area contributed by atoms with E-state index in [1.54, 1.807) is 6.92 Å². The molecule has 0 spiro atoms. The monoisotopic (exact) mass is 97.1 g/mol. The molecule has 0 unspecified atom stereocenters. The lowest BCUT2D eigenvalue weighted by atomic mass is 10.6. The first-order chi connectivity index (χ1) is 3.41. The summed E-state index contributed by atoms with van der Waals surface area (Å²) in [5.41, 5.74) is 0. The van der Waals surface area contributed by atoms with Crippen molar-refractivity contribution >= 4 is 0 Å². The third kappa shape index (κ3) is 5.52. The lowest BCUT2D eigenvalue weighted by Gasteiger charge is -1.86. The molecule has 0 atom stereocenters. The SMILES string of the molecule is [CH2]COCC#CC. The van der Waals surface area contributed by atoms with Gasteiger partial charge in [-0.3, -0.25) is 0 Å². The summed E-state index contributed by atoms with van der Waals surface area (Å²) in [6, 6.07) is 0. The van der Waals surface area contributed by atoms with E-state index >= 15 is 0 Å². The average Bonchev–Trinajstić information content (AvgIpc) is 1.69. The topological polar surface area (TPSA) is 9.23 Å². The summed E-state index contributed by atoms with van der Waals surface area (Å²) >= 11 is 0. The molecule has 1 nitrogen and oxygen atoms in total. The summed E-state index contributed by atoms with van der Waals surface area (Å²) in [7, 11) is 0. The van der Waals surface area contributed by atoms with Crippen LogP contribution in [-0.2, 0) is 4.74 Å². The molecule has 0 saturated heterocycles. The molecule has 0 aliphatic heterocycles. The Hall–Kier alpha value is -0.480. The maximum atomic E-state index is 4.79. The lowest BCUT2D eigenvalue weighted by Crippen LogP contribution is -1.87. The largest absolute Gasteiger partial charge is 0.369 e. The van der Waals surface area contributed by atoms with Crippen LogP contribution in [0, 0.1) is 18.8 Å². The van der Waals surface area contributed by atoms with Crippen LogP contribution in [-0.4, -0.2) is 13.2 Å². The van der Waals surface area contributed by atoms with Crippen LogP contribution < -0.4 is 0 Å². The number of hydrogen-bond acceptors (Lipinski definition) is 1. The van der Waals surface area contributed by atoms with E-state index in [1.165, 1.54) is 0 Å². The number of hydrogen-bond donors (Lipinski definition) is 0. The number of ether oxygens (including phenoxy) is 1. The summed E-state index contributed by atoms with van der Waals surface area (Å²) in [6.07, 6.45) is 0. The van der Waals surface area contributed by atoms with Crippen LogP contribution in [0.15, 0.2) is 0 Å². The van der Waals surface area contributed by atoms with E-state index in [0.717, 1.165) is 0 Å². The lowest BCUT2D eigenvalue weighted by molar-refractivity contribution is 0.198. The predicted molar refractivity (Wildman–Crippen MR) is 29.6 cm³/mol. The second-order valence-corrected chi connectivity index (χ2v) is 0.979. The molecule has 7 heavy (non-hydrogen) atoms. The van der Waals surface area contributed by atoms with Crippen molar-refractivity contribution in [3.63, 3.8) is 0 Å². The van der Waals surface area contributed by atoms with E-state index in [4.69, 9.17) is 4.74 Å². The first kappa shape index (κ1) is 6.52. The maximum Gasteiger partial charge on any atom is 0.107 e. The van der Waals surface area contributed by atoms with Crippen molar-refractivity contribution in [1.82, 2.24) is 0 Å². The van der Waals surface area contributed by atoms with Crippen LogP contribution in [0.1, 0.15) is 6.92 Å². The highest BCUT2D eigenvalue weighted by Gasteiger charge is 1.69. The Morgan fingerprint density at radius 1 is 1.71 bits per heavy atom. The van der Waals surface area contributed by atoms with E-state index in [-0.39, 0.29) is 0 Å². The Kier molecular flexibility index (Phi) is 5.14. The van der Waals surface area contributed by atoms with Crippen LogP contribution in [0.5, 0.6) is 0 Å². The summed E-state index contributed by atoms with van der Waals surface area (Å²) < 4.78 is 4.79. The Morgan fingerprint density at radius 3 is 2.86 bits per heavy atom. The summed E-state index contributed by atoms with van der Waals surface area (Å²) in [6.45, 7) is 6.27. The maximum absolute atomic E-state index is 4.79. The van der Waals surface area contributed by atoms with Gasteiger partial charge in [0.05, 0.1) is 0 Å². The molecule has 1 radical (unpaired) electrons. The molecule has 0 heterocycles. The molecule has 0 saturated carbocycles. The molecule has 0 rings (SSSR count). The molecule has 0 bridgehead atoms. The van der Waals surface area contributed by atoms with Crippen molar-refractivity contribution < 1.29 is 4.74 Å². The molecule has 0 aliphatic rings. The first-order valence-corrected chi connectivity index (χ1v) is 2.18. The molecular weight excluding hydrogens is 88.1 g/mol. The second kappa shape index (κ2) is 5.52. The van der Waals surface area contributed by atoms with Crippen molar-refractivity contribution in [2.24, 2.45) is 0 Å². The van der Waals surface area contributed by atoms with Gasteiger partial charge in [-0.2, -0.15) is 0 Å². The zero-order valence-electron chi connectivity index (χ0n) is 4.53. The molecule has 0 aromatic rings. The molecule has 39 valence electrons. The highest BCUT2D eigenvalue weighted by atomic mass is 16.5. The van der Waals surface area contributed by atoms with E-state index in [2.05, 4.69) is 18.8 Å².